The van der Waals surface area contributed by atoms with E-state index in [1.54, 1.807) is 18.2 Å². The third-order valence-corrected chi connectivity index (χ3v) is 6.41. The van der Waals surface area contributed by atoms with Crippen molar-refractivity contribution in [2.75, 3.05) is 31.1 Å². The summed E-state index contributed by atoms with van der Waals surface area (Å²) in [6.07, 6.45) is -0.697. The summed E-state index contributed by atoms with van der Waals surface area (Å²) in [5, 5.41) is 12.6. The van der Waals surface area contributed by atoms with Gasteiger partial charge >= 0.3 is 0 Å². The van der Waals surface area contributed by atoms with Gasteiger partial charge in [0.25, 0.3) is 0 Å². The van der Waals surface area contributed by atoms with Crippen LogP contribution in [0.5, 0.6) is 0 Å². The van der Waals surface area contributed by atoms with Crippen LogP contribution >= 0.6 is 34.8 Å². The summed E-state index contributed by atoms with van der Waals surface area (Å²) < 4.78 is 13.2. The van der Waals surface area contributed by atoms with E-state index in [2.05, 4.69) is 9.80 Å². The smallest absolute Gasteiger partial charge is 0.123 e. The Balaban J connectivity index is 1.58. The van der Waals surface area contributed by atoms with E-state index in [9.17, 15) is 9.50 Å². The number of halogens is 4. The van der Waals surface area contributed by atoms with E-state index in [-0.39, 0.29) is 11.9 Å². The summed E-state index contributed by atoms with van der Waals surface area (Å²) >= 11 is 18.7. The molecule has 0 amide bonds. The molecule has 4 rings (SSSR count). The first-order valence-electron chi connectivity index (χ1n) is 10.0. The van der Waals surface area contributed by atoms with Crippen molar-refractivity contribution in [2.45, 2.75) is 12.1 Å². The predicted octanol–water partition coefficient (Wildman–Crippen LogP) is 6.38. The molecule has 0 aliphatic carbocycles. The second kappa shape index (κ2) is 9.76. The van der Waals surface area contributed by atoms with Crippen LogP contribution in [0.1, 0.15) is 23.3 Å². The molecule has 31 heavy (non-hydrogen) atoms. The van der Waals surface area contributed by atoms with Gasteiger partial charge in [-0.15, -0.1) is 0 Å². The molecule has 3 nitrogen and oxygen atoms in total. The Hall–Kier alpha value is -1.82. The van der Waals surface area contributed by atoms with Crippen LogP contribution in [-0.4, -0.2) is 36.2 Å². The molecule has 0 unspecified atom stereocenters. The Bertz CT molecular complexity index is 1030. The molecule has 1 saturated heterocycles. The van der Waals surface area contributed by atoms with Crippen LogP contribution in [0.3, 0.4) is 0 Å². The highest BCUT2D eigenvalue weighted by atomic mass is 35.5. The lowest BCUT2D eigenvalue weighted by Crippen LogP contribution is -2.49. The van der Waals surface area contributed by atoms with Crippen LogP contribution in [0.15, 0.2) is 66.7 Å². The van der Waals surface area contributed by atoms with Crippen molar-refractivity contribution >= 4 is 40.5 Å². The zero-order valence-corrected chi connectivity index (χ0v) is 19.0. The van der Waals surface area contributed by atoms with Crippen molar-refractivity contribution in [1.29, 1.82) is 0 Å². The topological polar surface area (TPSA) is 26.7 Å². The molecule has 1 aliphatic rings. The molecule has 1 aliphatic heterocycles. The van der Waals surface area contributed by atoms with Gasteiger partial charge in [-0.25, -0.2) is 4.39 Å². The molecular formula is C24H22Cl3FN2O. The maximum Gasteiger partial charge on any atom is 0.123 e. The second-order valence-electron chi connectivity index (χ2n) is 7.68. The largest absolute Gasteiger partial charge is 0.387 e. The third-order valence-electron chi connectivity index (χ3n) is 5.62. The average molecular weight is 480 g/mol. The van der Waals surface area contributed by atoms with Crippen LogP contribution < -0.4 is 4.90 Å². The summed E-state index contributed by atoms with van der Waals surface area (Å²) in [5.41, 5.74) is 2.73. The van der Waals surface area contributed by atoms with Gasteiger partial charge in [0.1, 0.15) is 5.82 Å². The normalized spacial score (nSPS) is 18.2. The monoisotopic (exact) mass is 478 g/mol. The zero-order valence-electron chi connectivity index (χ0n) is 16.7. The van der Waals surface area contributed by atoms with Crippen LogP contribution in [0.4, 0.5) is 10.1 Å². The molecule has 1 N–H and O–H groups in total. The van der Waals surface area contributed by atoms with Gasteiger partial charge in [0.2, 0.25) is 0 Å². The standard InChI is InChI=1S/C24H22Cl3FN2O/c25-18-5-1-16(2-6-18)23-14-29(15-24(31)17-3-8-20(28)9-4-17)11-12-30(23)22-10-7-19(26)13-21(22)27/h1-10,13,23-24,31H,11-12,14-15H2/t23-,24+/m0/s1. The number of aliphatic hydroxyl groups is 1. The molecule has 1 fully saturated rings. The SMILES string of the molecule is O[C@H](CN1CCN(c2ccc(Cl)cc2Cl)[C@H](c2ccc(Cl)cc2)C1)c1ccc(F)cc1. The minimum atomic E-state index is -0.697. The molecule has 0 radical (unpaired) electrons. The van der Waals surface area contributed by atoms with Crippen LogP contribution in [-0.2, 0) is 0 Å². The highest BCUT2D eigenvalue weighted by molar-refractivity contribution is 6.36. The van der Waals surface area contributed by atoms with E-state index < -0.39 is 6.10 Å². The molecule has 2 atom stereocenters. The van der Waals surface area contributed by atoms with E-state index in [0.717, 1.165) is 24.3 Å². The van der Waals surface area contributed by atoms with Crippen molar-refractivity contribution in [1.82, 2.24) is 4.90 Å². The van der Waals surface area contributed by atoms with Crippen molar-refractivity contribution in [3.8, 4) is 0 Å². The Morgan fingerprint density at radius 1 is 0.903 bits per heavy atom. The fraction of sp³-hybridized carbons (Fsp3) is 0.250. The molecule has 162 valence electrons. The average Bonchev–Trinajstić information content (AvgIpc) is 2.75. The van der Waals surface area contributed by atoms with E-state index in [0.29, 0.717) is 33.7 Å². The lowest BCUT2D eigenvalue weighted by Gasteiger charge is -2.44. The summed E-state index contributed by atoms with van der Waals surface area (Å²) in [6.45, 7) is 2.63. The van der Waals surface area contributed by atoms with Crippen LogP contribution in [0.2, 0.25) is 15.1 Å². The Labute approximate surface area is 196 Å². The highest BCUT2D eigenvalue weighted by Gasteiger charge is 2.30. The minimum Gasteiger partial charge on any atom is -0.387 e. The van der Waals surface area contributed by atoms with Gasteiger partial charge in [-0.1, -0.05) is 59.1 Å². The summed E-state index contributed by atoms with van der Waals surface area (Å²) in [7, 11) is 0. The Morgan fingerprint density at radius 3 is 2.26 bits per heavy atom. The summed E-state index contributed by atoms with van der Waals surface area (Å²) in [5.74, 6) is -0.313. The lowest BCUT2D eigenvalue weighted by atomic mass is 10.0. The van der Waals surface area contributed by atoms with E-state index in [4.69, 9.17) is 34.8 Å². The number of nitrogens with zero attached hydrogens (tertiary/aromatic N) is 2. The number of rotatable bonds is 5. The maximum atomic E-state index is 13.2. The molecule has 3 aromatic rings. The van der Waals surface area contributed by atoms with Gasteiger partial charge in [-0.3, -0.25) is 4.90 Å². The third kappa shape index (κ3) is 5.33. The fourth-order valence-corrected chi connectivity index (χ4v) is 4.66. The molecule has 0 spiro atoms. The van der Waals surface area contributed by atoms with E-state index >= 15 is 0 Å². The number of piperazine rings is 1. The number of hydrogen-bond acceptors (Lipinski definition) is 3. The molecule has 0 aromatic heterocycles. The summed E-state index contributed by atoms with van der Waals surface area (Å²) in [6, 6.07) is 19.3. The fourth-order valence-electron chi connectivity index (χ4n) is 4.01. The molecule has 1 heterocycles. The maximum absolute atomic E-state index is 13.2. The van der Waals surface area contributed by atoms with Gasteiger partial charge < -0.3 is 10.0 Å². The molecule has 0 bridgehead atoms. The van der Waals surface area contributed by atoms with Gasteiger partial charge in [0, 0.05) is 36.2 Å². The first-order chi connectivity index (χ1) is 14.9. The van der Waals surface area contributed by atoms with Crippen LogP contribution in [0.25, 0.3) is 0 Å². The number of hydrogen-bond donors (Lipinski definition) is 1. The van der Waals surface area contributed by atoms with Gasteiger partial charge in [-0.2, -0.15) is 0 Å². The molecular weight excluding hydrogens is 458 g/mol. The number of benzene rings is 3. The van der Waals surface area contributed by atoms with Gasteiger partial charge in [0.15, 0.2) is 0 Å². The first kappa shape index (κ1) is 22.4. The Kier molecular flexibility index (Phi) is 7.05. The van der Waals surface area contributed by atoms with Crippen LogP contribution in [0, 0.1) is 5.82 Å². The van der Waals surface area contributed by atoms with E-state index in [1.807, 2.05) is 36.4 Å². The number of β-amino-alcohol motifs (C(OH)–C–C–N with tert-alkyl or cyclic N) is 1. The lowest BCUT2D eigenvalue weighted by molar-refractivity contribution is 0.100. The van der Waals surface area contributed by atoms with Gasteiger partial charge in [-0.05, 0) is 53.6 Å². The Morgan fingerprint density at radius 2 is 1.58 bits per heavy atom. The highest BCUT2D eigenvalue weighted by Crippen LogP contribution is 2.37. The predicted molar refractivity (Wildman–Crippen MR) is 126 cm³/mol. The summed E-state index contributed by atoms with van der Waals surface area (Å²) in [4.78, 5) is 4.48. The second-order valence-corrected chi connectivity index (χ2v) is 8.96. The molecule has 7 heteroatoms. The van der Waals surface area contributed by atoms with Gasteiger partial charge in [0.05, 0.1) is 22.9 Å². The van der Waals surface area contributed by atoms with Crippen molar-refractivity contribution < 1.29 is 9.50 Å². The molecule has 3 aromatic carbocycles. The van der Waals surface area contributed by atoms with Crippen molar-refractivity contribution in [2.24, 2.45) is 0 Å². The zero-order chi connectivity index (χ0) is 22.0. The number of anilines is 1. The quantitative estimate of drug-likeness (QED) is 0.460. The van der Waals surface area contributed by atoms with Crippen molar-refractivity contribution in [3.63, 3.8) is 0 Å². The first-order valence-corrected chi connectivity index (χ1v) is 11.2. The van der Waals surface area contributed by atoms with Crippen molar-refractivity contribution in [3.05, 3.63) is 98.7 Å². The molecule has 0 saturated carbocycles. The number of aliphatic hydroxyl groups excluding tert-OH is 1. The minimum absolute atomic E-state index is 0.0186. The van der Waals surface area contributed by atoms with E-state index in [1.165, 1.54) is 12.1 Å².